The van der Waals surface area contributed by atoms with E-state index < -0.39 is 36.8 Å². The van der Waals surface area contributed by atoms with E-state index in [1.807, 2.05) is 0 Å². The van der Waals surface area contributed by atoms with Crippen LogP contribution in [0, 0.1) is 0 Å². The fraction of sp³-hybridized carbons (Fsp3) is 0.500. The van der Waals surface area contributed by atoms with E-state index in [0.717, 1.165) is 4.57 Å². The lowest BCUT2D eigenvalue weighted by molar-refractivity contribution is -0.0547. The van der Waals surface area contributed by atoms with Gasteiger partial charge in [0.1, 0.15) is 23.8 Å². The molecule has 1 saturated heterocycles. The van der Waals surface area contributed by atoms with Crippen LogP contribution in [-0.2, 0) is 4.74 Å². The summed E-state index contributed by atoms with van der Waals surface area (Å²) >= 11 is 0. The number of aliphatic hydroxyl groups excluding tert-OH is 3. The molecule has 0 aliphatic carbocycles. The number of fused-ring (bicyclic) bond motifs is 1. The summed E-state index contributed by atoms with van der Waals surface area (Å²) in [4.78, 5) is 22.2. The van der Waals surface area contributed by atoms with Crippen molar-refractivity contribution in [3.63, 3.8) is 0 Å². The van der Waals surface area contributed by atoms with Gasteiger partial charge in [-0.1, -0.05) is 0 Å². The van der Waals surface area contributed by atoms with Crippen LogP contribution in [0.1, 0.15) is 6.23 Å². The summed E-state index contributed by atoms with van der Waals surface area (Å²) in [6, 6.07) is 0. The van der Waals surface area contributed by atoms with E-state index in [4.69, 9.17) is 9.84 Å². The van der Waals surface area contributed by atoms with Crippen LogP contribution in [0.4, 0.5) is 0 Å². The van der Waals surface area contributed by atoms with Crippen LogP contribution >= 0.6 is 0 Å². The van der Waals surface area contributed by atoms with Crippen LogP contribution in [0.5, 0.6) is 0 Å². The summed E-state index contributed by atoms with van der Waals surface area (Å²) in [5.41, 5.74) is 0.0970. The molecule has 0 amide bonds. The highest BCUT2D eigenvalue weighted by Crippen LogP contribution is 2.28. The van der Waals surface area contributed by atoms with Crippen molar-refractivity contribution in [1.82, 2.24) is 19.5 Å². The van der Waals surface area contributed by atoms with Crippen molar-refractivity contribution in [1.29, 1.82) is 0 Å². The van der Waals surface area contributed by atoms with Gasteiger partial charge in [-0.25, -0.2) is 9.78 Å². The molecule has 9 heteroatoms. The maximum atomic E-state index is 11.8. The quantitative estimate of drug-likeness (QED) is 0.482. The van der Waals surface area contributed by atoms with Crippen molar-refractivity contribution in [3.05, 3.63) is 23.0 Å². The molecule has 1 aliphatic heterocycles. The number of nitrogens with zero attached hydrogens (tertiary/aromatic N) is 3. The zero-order valence-electron chi connectivity index (χ0n) is 9.67. The Morgan fingerprint density at radius 2 is 2.21 bits per heavy atom. The summed E-state index contributed by atoms with van der Waals surface area (Å²) < 4.78 is 6.33. The number of H-pyrrole nitrogens is 1. The van der Waals surface area contributed by atoms with Gasteiger partial charge >= 0.3 is 5.69 Å². The van der Waals surface area contributed by atoms with Crippen LogP contribution in [0.3, 0.4) is 0 Å². The highest BCUT2D eigenvalue weighted by Gasteiger charge is 2.43. The fourth-order valence-electron chi connectivity index (χ4n) is 2.12. The van der Waals surface area contributed by atoms with Crippen LogP contribution < -0.4 is 5.69 Å². The van der Waals surface area contributed by atoms with Gasteiger partial charge in [-0.3, -0.25) is 4.57 Å². The summed E-state index contributed by atoms with van der Waals surface area (Å²) in [5, 5.41) is 28.5. The number of imidazole rings is 1. The Morgan fingerprint density at radius 3 is 2.89 bits per heavy atom. The van der Waals surface area contributed by atoms with Crippen molar-refractivity contribution >= 4 is 11.2 Å². The standard InChI is InChI=1S/C10H12N4O5/c15-2-5-6(16)7(17)9(19-5)14-1-4-8(12-3-11-4)13-10(14)18/h1,3,5-7,9,15-17H,2H2,(H,11,12,13,18)/t5-,6-,7-,9-/m1/s1. The lowest BCUT2D eigenvalue weighted by Gasteiger charge is -2.16. The molecule has 1 aliphatic rings. The van der Waals surface area contributed by atoms with E-state index in [2.05, 4.69) is 15.0 Å². The average Bonchev–Trinajstić information content (AvgIpc) is 2.95. The number of hydrogen-bond acceptors (Lipinski definition) is 7. The topological polar surface area (TPSA) is 133 Å². The molecule has 3 rings (SSSR count). The van der Waals surface area contributed by atoms with Gasteiger partial charge in [0, 0.05) is 6.20 Å². The molecular weight excluding hydrogens is 256 g/mol. The number of hydrogen-bond donors (Lipinski definition) is 4. The zero-order valence-corrected chi connectivity index (χ0v) is 9.67. The molecule has 4 N–H and O–H groups in total. The van der Waals surface area contributed by atoms with Crippen molar-refractivity contribution in [3.8, 4) is 0 Å². The molecule has 2 aromatic heterocycles. The lowest BCUT2D eigenvalue weighted by atomic mass is 10.1. The Morgan fingerprint density at radius 1 is 1.42 bits per heavy atom. The molecule has 0 radical (unpaired) electrons. The third-order valence-electron chi connectivity index (χ3n) is 3.13. The normalized spacial score (nSPS) is 31.1. The first-order valence-electron chi connectivity index (χ1n) is 5.66. The summed E-state index contributed by atoms with van der Waals surface area (Å²) in [5.74, 6) is 0. The third-order valence-corrected chi connectivity index (χ3v) is 3.13. The SMILES string of the molecule is O=c1nc2nc[nH]c2cn1[C@@H]1O[C@H](CO)[C@@H](O)[C@H]1O. The molecule has 0 saturated carbocycles. The minimum atomic E-state index is -1.32. The Kier molecular flexibility index (Phi) is 2.82. The molecule has 3 heterocycles. The molecule has 102 valence electrons. The fourth-order valence-corrected chi connectivity index (χ4v) is 2.12. The van der Waals surface area contributed by atoms with E-state index in [1.165, 1.54) is 12.5 Å². The second-order valence-corrected chi connectivity index (χ2v) is 4.30. The minimum Gasteiger partial charge on any atom is -0.394 e. The molecule has 4 atom stereocenters. The largest absolute Gasteiger partial charge is 0.394 e. The highest BCUT2D eigenvalue weighted by atomic mass is 16.6. The van der Waals surface area contributed by atoms with Gasteiger partial charge < -0.3 is 25.0 Å². The molecule has 0 unspecified atom stereocenters. The number of aliphatic hydroxyl groups is 3. The Bertz CT molecular complexity index is 653. The van der Waals surface area contributed by atoms with E-state index in [9.17, 15) is 15.0 Å². The number of rotatable bonds is 2. The van der Waals surface area contributed by atoms with Crippen LogP contribution in [0.25, 0.3) is 11.2 Å². The average molecular weight is 268 g/mol. The smallest absolute Gasteiger partial charge is 0.351 e. The van der Waals surface area contributed by atoms with E-state index >= 15 is 0 Å². The van der Waals surface area contributed by atoms with Gasteiger partial charge in [-0.15, -0.1) is 0 Å². The lowest BCUT2D eigenvalue weighted by Crippen LogP contribution is -2.35. The van der Waals surface area contributed by atoms with Gasteiger partial charge in [0.05, 0.1) is 12.9 Å². The number of aromatic amines is 1. The van der Waals surface area contributed by atoms with Gasteiger partial charge in [-0.05, 0) is 0 Å². The van der Waals surface area contributed by atoms with Crippen molar-refractivity contribution in [2.45, 2.75) is 24.5 Å². The van der Waals surface area contributed by atoms with Crippen molar-refractivity contribution < 1.29 is 20.1 Å². The summed E-state index contributed by atoms with van der Waals surface area (Å²) in [6.07, 6.45) is -1.84. The zero-order chi connectivity index (χ0) is 13.6. The Labute approximate surface area is 106 Å². The first kappa shape index (κ1) is 12.2. The second kappa shape index (κ2) is 4.38. The van der Waals surface area contributed by atoms with E-state index in [0.29, 0.717) is 5.52 Å². The monoisotopic (exact) mass is 268 g/mol. The molecule has 2 aromatic rings. The number of ether oxygens (including phenoxy) is 1. The Hall–Kier alpha value is -1.81. The van der Waals surface area contributed by atoms with E-state index in [-0.39, 0.29) is 5.65 Å². The molecule has 0 spiro atoms. The van der Waals surface area contributed by atoms with Gasteiger partial charge in [0.2, 0.25) is 0 Å². The van der Waals surface area contributed by atoms with Crippen molar-refractivity contribution in [2.24, 2.45) is 0 Å². The predicted molar refractivity (Wildman–Crippen MR) is 61.2 cm³/mol. The van der Waals surface area contributed by atoms with Crippen molar-refractivity contribution in [2.75, 3.05) is 6.61 Å². The number of nitrogens with one attached hydrogen (secondary N) is 1. The predicted octanol–water partition coefficient (Wildman–Crippen LogP) is -2.27. The molecule has 19 heavy (non-hydrogen) atoms. The maximum absolute atomic E-state index is 11.8. The second-order valence-electron chi connectivity index (χ2n) is 4.30. The molecule has 9 nitrogen and oxygen atoms in total. The molecule has 0 aromatic carbocycles. The van der Waals surface area contributed by atoms with Gasteiger partial charge in [0.25, 0.3) is 0 Å². The maximum Gasteiger partial charge on any atom is 0.351 e. The molecule has 0 bridgehead atoms. The minimum absolute atomic E-state index is 0.257. The van der Waals surface area contributed by atoms with Gasteiger partial charge in [0.15, 0.2) is 11.9 Å². The van der Waals surface area contributed by atoms with Crippen LogP contribution in [0.2, 0.25) is 0 Å². The number of aromatic nitrogens is 4. The first-order chi connectivity index (χ1) is 9.11. The molecule has 1 fully saturated rings. The molecular formula is C10H12N4O5. The highest BCUT2D eigenvalue weighted by molar-refractivity contribution is 5.67. The van der Waals surface area contributed by atoms with Crippen LogP contribution in [0.15, 0.2) is 17.3 Å². The van der Waals surface area contributed by atoms with E-state index in [1.54, 1.807) is 0 Å². The Balaban J connectivity index is 2.04. The van der Waals surface area contributed by atoms with Crippen LogP contribution in [-0.4, -0.2) is 59.8 Å². The van der Waals surface area contributed by atoms with Gasteiger partial charge in [-0.2, -0.15) is 4.98 Å². The third kappa shape index (κ3) is 1.83. The summed E-state index contributed by atoms with van der Waals surface area (Å²) in [7, 11) is 0. The first-order valence-corrected chi connectivity index (χ1v) is 5.66. The summed E-state index contributed by atoms with van der Waals surface area (Å²) in [6.45, 7) is -0.455.